The lowest BCUT2D eigenvalue weighted by atomic mass is 10.0. The number of nitrogens with zero attached hydrogens (tertiary/aromatic N) is 2. The molecule has 27 heavy (non-hydrogen) atoms. The van der Waals surface area contributed by atoms with Gasteiger partial charge in [0.05, 0.1) is 15.7 Å². The predicted molar refractivity (Wildman–Crippen MR) is 102 cm³/mol. The SMILES string of the molecule is Cc1cc2scnc2cc1-c1ccc(NC(=O)c2c(F)cccc2F)nc1. The number of anilines is 1. The molecule has 2 heterocycles. The standard InChI is InChI=1S/C20H13F2N3OS/c1-11-7-17-16(24-10-27-17)8-13(11)12-5-6-18(23-9-12)25-20(26)19-14(21)3-2-4-15(19)22/h2-10H,1H3,(H,23,25,26). The molecule has 4 nitrogen and oxygen atoms in total. The van der Waals surface area contributed by atoms with Crippen molar-refractivity contribution in [3.05, 3.63) is 76.9 Å². The quantitative estimate of drug-likeness (QED) is 0.531. The number of carbonyl (C=O) groups is 1. The molecule has 1 amide bonds. The first-order chi connectivity index (χ1) is 13.0. The summed E-state index contributed by atoms with van der Waals surface area (Å²) in [5.74, 6) is -2.52. The van der Waals surface area contributed by atoms with Gasteiger partial charge in [-0.3, -0.25) is 4.79 Å². The van der Waals surface area contributed by atoms with Gasteiger partial charge in [0.15, 0.2) is 0 Å². The molecule has 4 aromatic rings. The van der Waals surface area contributed by atoms with E-state index in [4.69, 9.17) is 0 Å². The number of benzene rings is 2. The Hall–Kier alpha value is -3.19. The lowest BCUT2D eigenvalue weighted by Gasteiger charge is -2.09. The Morgan fingerprint density at radius 3 is 2.56 bits per heavy atom. The maximum Gasteiger partial charge on any atom is 0.262 e. The van der Waals surface area contributed by atoms with Gasteiger partial charge in [-0.25, -0.2) is 18.7 Å². The number of hydrogen-bond acceptors (Lipinski definition) is 4. The van der Waals surface area contributed by atoms with Crippen molar-refractivity contribution in [2.75, 3.05) is 5.32 Å². The third kappa shape index (κ3) is 3.29. The molecule has 0 fully saturated rings. The number of nitrogens with one attached hydrogen (secondary N) is 1. The highest BCUT2D eigenvalue weighted by Gasteiger charge is 2.17. The number of rotatable bonds is 3. The van der Waals surface area contributed by atoms with Gasteiger partial charge in [-0.15, -0.1) is 11.3 Å². The number of aromatic nitrogens is 2. The zero-order valence-corrected chi connectivity index (χ0v) is 15.0. The molecule has 0 radical (unpaired) electrons. The first-order valence-corrected chi connectivity index (χ1v) is 8.96. The molecule has 0 saturated carbocycles. The molecule has 0 unspecified atom stereocenters. The van der Waals surface area contributed by atoms with Gasteiger partial charge < -0.3 is 5.32 Å². The van der Waals surface area contributed by atoms with E-state index in [1.54, 1.807) is 35.2 Å². The van der Waals surface area contributed by atoms with Gasteiger partial charge in [0, 0.05) is 11.8 Å². The van der Waals surface area contributed by atoms with Crippen molar-refractivity contribution in [2.24, 2.45) is 0 Å². The van der Waals surface area contributed by atoms with Crippen LogP contribution in [0.4, 0.5) is 14.6 Å². The molecule has 2 aromatic carbocycles. The molecule has 2 aromatic heterocycles. The molecule has 1 N–H and O–H groups in total. The van der Waals surface area contributed by atoms with Crippen LogP contribution in [0.2, 0.25) is 0 Å². The first-order valence-electron chi connectivity index (χ1n) is 8.08. The number of thiazole rings is 1. The van der Waals surface area contributed by atoms with Gasteiger partial charge in [-0.2, -0.15) is 0 Å². The number of amides is 1. The Kier molecular flexibility index (Phi) is 4.37. The van der Waals surface area contributed by atoms with Gasteiger partial charge in [-0.1, -0.05) is 6.07 Å². The van der Waals surface area contributed by atoms with E-state index in [9.17, 15) is 13.6 Å². The molecule has 0 aliphatic heterocycles. The molecule has 0 saturated heterocycles. The van der Waals surface area contributed by atoms with Crippen LogP contribution in [-0.4, -0.2) is 15.9 Å². The minimum absolute atomic E-state index is 0.207. The third-order valence-electron chi connectivity index (χ3n) is 4.18. The first kappa shape index (κ1) is 17.2. The molecular formula is C20H13F2N3OS. The van der Waals surface area contributed by atoms with E-state index in [0.29, 0.717) is 0 Å². The molecular weight excluding hydrogens is 368 g/mol. The van der Waals surface area contributed by atoms with E-state index in [1.807, 2.05) is 13.0 Å². The molecule has 0 atom stereocenters. The Morgan fingerprint density at radius 2 is 1.85 bits per heavy atom. The fourth-order valence-electron chi connectivity index (χ4n) is 2.84. The average molecular weight is 381 g/mol. The maximum atomic E-state index is 13.7. The fraction of sp³-hybridized carbons (Fsp3) is 0.0500. The summed E-state index contributed by atoms with van der Waals surface area (Å²) < 4.78 is 28.5. The zero-order chi connectivity index (χ0) is 19.0. The van der Waals surface area contributed by atoms with Crippen LogP contribution in [0, 0.1) is 18.6 Å². The van der Waals surface area contributed by atoms with Crippen LogP contribution >= 0.6 is 11.3 Å². The predicted octanol–water partition coefficient (Wildman–Crippen LogP) is 5.20. The minimum atomic E-state index is -0.920. The highest BCUT2D eigenvalue weighted by atomic mass is 32.1. The zero-order valence-electron chi connectivity index (χ0n) is 14.2. The second-order valence-electron chi connectivity index (χ2n) is 5.97. The van der Waals surface area contributed by atoms with Crippen LogP contribution in [-0.2, 0) is 0 Å². The van der Waals surface area contributed by atoms with E-state index in [-0.39, 0.29) is 5.82 Å². The molecule has 7 heteroatoms. The summed E-state index contributed by atoms with van der Waals surface area (Å²) in [7, 11) is 0. The van der Waals surface area contributed by atoms with Crippen LogP contribution in [0.25, 0.3) is 21.3 Å². The Bertz CT molecular complexity index is 1140. The van der Waals surface area contributed by atoms with Crippen molar-refractivity contribution >= 4 is 33.3 Å². The van der Waals surface area contributed by atoms with Gasteiger partial charge >= 0.3 is 0 Å². The summed E-state index contributed by atoms with van der Waals surface area (Å²) >= 11 is 1.58. The molecule has 0 bridgehead atoms. The van der Waals surface area contributed by atoms with Crippen LogP contribution in [0.3, 0.4) is 0 Å². The normalized spacial score (nSPS) is 10.9. The van der Waals surface area contributed by atoms with Gasteiger partial charge in [0.25, 0.3) is 5.91 Å². The lowest BCUT2D eigenvalue weighted by Crippen LogP contribution is -2.16. The van der Waals surface area contributed by atoms with Crippen LogP contribution in [0.1, 0.15) is 15.9 Å². The summed E-state index contributed by atoms with van der Waals surface area (Å²) in [6.45, 7) is 2.01. The molecule has 0 spiro atoms. The van der Waals surface area contributed by atoms with Crippen molar-refractivity contribution in [2.45, 2.75) is 6.92 Å². The molecule has 134 valence electrons. The van der Waals surface area contributed by atoms with Gasteiger partial charge in [0.2, 0.25) is 0 Å². The van der Waals surface area contributed by atoms with Gasteiger partial charge in [-0.05, 0) is 54.4 Å². The number of pyridine rings is 1. The number of hydrogen-bond donors (Lipinski definition) is 1. The van der Waals surface area contributed by atoms with Crippen molar-refractivity contribution < 1.29 is 13.6 Å². The van der Waals surface area contributed by atoms with Crippen LogP contribution in [0.5, 0.6) is 0 Å². The fourth-order valence-corrected chi connectivity index (χ4v) is 3.59. The summed E-state index contributed by atoms with van der Waals surface area (Å²) in [6.07, 6.45) is 1.61. The second kappa shape index (κ2) is 6.85. The Balaban J connectivity index is 1.60. The Morgan fingerprint density at radius 1 is 1.07 bits per heavy atom. The molecule has 4 rings (SSSR count). The smallest absolute Gasteiger partial charge is 0.262 e. The van der Waals surface area contributed by atoms with Crippen molar-refractivity contribution in [3.8, 4) is 11.1 Å². The number of aryl methyl sites for hydroxylation is 1. The summed E-state index contributed by atoms with van der Waals surface area (Å²) in [5, 5.41) is 2.42. The largest absolute Gasteiger partial charge is 0.306 e. The highest BCUT2D eigenvalue weighted by molar-refractivity contribution is 7.16. The average Bonchev–Trinajstić information content (AvgIpc) is 3.09. The number of carbonyl (C=O) groups excluding carboxylic acids is 1. The molecule has 0 aliphatic rings. The van der Waals surface area contributed by atoms with Crippen molar-refractivity contribution in [1.82, 2.24) is 9.97 Å². The highest BCUT2D eigenvalue weighted by Crippen LogP contribution is 2.29. The van der Waals surface area contributed by atoms with Gasteiger partial charge in [0.1, 0.15) is 23.0 Å². The van der Waals surface area contributed by atoms with E-state index in [1.165, 1.54) is 6.07 Å². The van der Waals surface area contributed by atoms with Crippen molar-refractivity contribution in [3.63, 3.8) is 0 Å². The topological polar surface area (TPSA) is 54.9 Å². The molecule has 0 aliphatic carbocycles. The second-order valence-corrected chi connectivity index (χ2v) is 6.86. The summed E-state index contributed by atoms with van der Waals surface area (Å²) in [5.41, 5.74) is 5.00. The number of fused-ring (bicyclic) bond motifs is 1. The summed E-state index contributed by atoms with van der Waals surface area (Å²) in [6, 6.07) is 10.7. The van der Waals surface area contributed by atoms with Crippen LogP contribution < -0.4 is 5.32 Å². The maximum absolute atomic E-state index is 13.7. The van der Waals surface area contributed by atoms with E-state index in [2.05, 4.69) is 21.4 Å². The van der Waals surface area contributed by atoms with E-state index < -0.39 is 23.1 Å². The van der Waals surface area contributed by atoms with E-state index >= 15 is 0 Å². The minimum Gasteiger partial charge on any atom is -0.306 e. The monoisotopic (exact) mass is 381 g/mol. The number of halogens is 2. The van der Waals surface area contributed by atoms with Crippen LogP contribution in [0.15, 0.2) is 54.2 Å². The summed E-state index contributed by atoms with van der Waals surface area (Å²) in [4.78, 5) is 20.7. The lowest BCUT2D eigenvalue weighted by molar-refractivity contribution is 0.101. The van der Waals surface area contributed by atoms with Crippen molar-refractivity contribution in [1.29, 1.82) is 0 Å². The third-order valence-corrected chi connectivity index (χ3v) is 4.98. The van der Waals surface area contributed by atoms with E-state index in [0.717, 1.165) is 39.0 Å². The Labute approximate surface area is 157 Å².